The van der Waals surface area contributed by atoms with Crippen LogP contribution in [0.5, 0.6) is 0 Å². The molecule has 0 radical (unpaired) electrons. The lowest BCUT2D eigenvalue weighted by Gasteiger charge is -2.34. The number of hydrogen-bond acceptors (Lipinski definition) is 6. The van der Waals surface area contributed by atoms with Crippen molar-refractivity contribution in [3.63, 3.8) is 0 Å². The van der Waals surface area contributed by atoms with E-state index in [4.69, 9.17) is 21.6 Å². The largest absolute Gasteiger partial charge is 0.443 e. The maximum Gasteiger partial charge on any atom is 0.410 e. The molecule has 0 N–H and O–H groups in total. The third-order valence-corrected chi connectivity index (χ3v) is 8.98. The number of aromatic nitrogens is 1. The maximum atomic E-state index is 13.7. The highest BCUT2D eigenvalue weighted by atomic mass is 35.5. The van der Waals surface area contributed by atoms with Gasteiger partial charge in [0.25, 0.3) is 0 Å². The molecule has 1 saturated carbocycles. The molecule has 5 rings (SSSR count). The van der Waals surface area contributed by atoms with Crippen molar-refractivity contribution in [1.29, 1.82) is 5.26 Å². The minimum atomic E-state index is -0.410. The third-order valence-electron chi connectivity index (χ3n) is 8.72. The predicted molar refractivity (Wildman–Crippen MR) is 150 cm³/mol. The molecule has 1 aromatic carbocycles. The van der Waals surface area contributed by atoms with E-state index in [1.54, 1.807) is 24.2 Å². The van der Waals surface area contributed by atoms with Crippen LogP contribution in [0.2, 0.25) is 5.02 Å². The number of carbonyl (C=O) groups is 2. The lowest BCUT2D eigenvalue weighted by atomic mass is 9.93. The maximum absolute atomic E-state index is 13.7. The standard InChI is InChI=1S/C30H36ClN5O3/c1-30(13-3-4-14-30)39-29(38)34(2)26-20-36(19-25(26)22-6-8-24(31)9-7-22)28(37)23-11-15-35(16-12-23)27-10-5-21(17-32)18-33-27/h5-10,18,23,25-26H,3-4,11-16,19-20H2,1-2H3/t25-,26?/m0/s1. The Morgan fingerprint density at radius 3 is 2.41 bits per heavy atom. The first kappa shape index (κ1) is 27.3. The van der Waals surface area contributed by atoms with Crippen molar-refractivity contribution in [2.75, 3.05) is 38.1 Å². The van der Waals surface area contributed by atoms with Gasteiger partial charge in [0.05, 0.1) is 11.6 Å². The summed E-state index contributed by atoms with van der Waals surface area (Å²) >= 11 is 6.16. The molecule has 206 valence electrons. The van der Waals surface area contributed by atoms with Gasteiger partial charge in [0.2, 0.25) is 5.91 Å². The molecule has 8 nitrogen and oxygen atoms in total. The second-order valence-corrected chi connectivity index (χ2v) is 11.8. The Kier molecular flexibility index (Phi) is 7.99. The topological polar surface area (TPSA) is 89.8 Å². The Morgan fingerprint density at radius 2 is 1.79 bits per heavy atom. The Hall–Kier alpha value is -3.31. The number of halogens is 1. The van der Waals surface area contributed by atoms with Gasteiger partial charge in [0.15, 0.2) is 0 Å². The molecule has 0 bridgehead atoms. The van der Waals surface area contributed by atoms with Crippen LogP contribution in [0.1, 0.15) is 62.5 Å². The van der Waals surface area contributed by atoms with Crippen LogP contribution in [0.25, 0.3) is 0 Å². The Morgan fingerprint density at radius 1 is 1.10 bits per heavy atom. The number of benzene rings is 1. The first-order valence-electron chi connectivity index (χ1n) is 13.9. The number of nitriles is 1. The SMILES string of the molecule is CN(C(=O)OC1(C)CCCC1)C1CN(C(=O)C2CCN(c3ccc(C#N)cn3)CC2)C[C@H]1c1ccc(Cl)cc1. The van der Waals surface area contributed by atoms with E-state index in [2.05, 4.69) is 16.0 Å². The van der Waals surface area contributed by atoms with E-state index in [0.29, 0.717) is 23.7 Å². The number of likely N-dealkylation sites (N-methyl/N-ethyl adjacent to an activating group) is 1. The number of likely N-dealkylation sites (tertiary alicyclic amines) is 1. The van der Waals surface area contributed by atoms with Gasteiger partial charge in [-0.15, -0.1) is 0 Å². The highest BCUT2D eigenvalue weighted by molar-refractivity contribution is 6.30. The Bertz CT molecular complexity index is 1210. The average molecular weight is 550 g/mol. The number of nitrogens with zero attached hydrogens (tertiary/aromatic N) is 5. The molecule has 2 amide bonds. The summed E-state index contributed by atoms with van der Waals surface area (Å²) in [6.07, 6.45) is 6.67. The van der Waals surface area contributed by atoms with Gasteiger partial charge in [-0.05, 0) is 75.3 Å². The number of rotatable bonds is 5. The summed E-state index contributed by atoms with van der Waals surface area (Å²) in [6, 6.07) is 13.3. The highest BCUT2D eigenvalue weighted by Gasteiger charge is 2.43. The number of carbonyl (C=O) groups excluding carboxylic acids is 2. The number of pyridine rings is 1. The fraction of sp³-hybridized carbons (Fsp3) is 0.533. The van der Waals surface area contributed by atoms with Gasteiger partial charge in [-0.3, -0.25) is 4.79 Å². The first-order chi connectivity index (χ1) is 18.8. The highest BCUT2D eigenvalue weighted by Crippen LogP contribution is 2.36. The van der Waals surface area contributed by atoms with Crippen molar-refractivity contribution in [3.05, 3.63) is 58.7 Å². The Balaban J connectivity index is 1.26. The normalized spacial score (nSPS) is 22.9. The molecule has 2 atom stereocenters. The number of piperidine rings is 1. The molecule has 1 unspecified atom stereocenters. The fourth-order valence-electron chi connectivity index (χ4n) is 6.29. The molecule has 2 saturated heterocycles. The molecule has 2 aliphatic heterocycles. The lowest BCUT2D eigenvalue weighted by Crippen LogP contribution is -2.46. The molecule has 3 aliphatic rings. The van der Waals surface area contributed by atoms with Crippen LogP contribution in [-0.4, -0.2) is 71.7 Å². The second kappa shape index (κ2) is 11.4. The van der Waals surface area contributed by atoms with Gasteiger partial charge in [-0.2, -0.15) is 5.26 Å². The van der Waals surface area contributed by atoms with E-state index in [0.717, 1.165) is 63.0 Å². The zero-order valence-corrected chi connectivity index (χ0v) is 23.4. The third kappa shape index (κ3) is 5.99. The number of ether oxygens (including phenoxy) is 1. The predicted octanol–water partition coefficient (Wildman–Crippen LogP) is 5.22. The second-order valence-electron chi connectivity index (χ2n) is 11.4. The fourth-order valence-corrected chi connectivity index (χ4v) is 6.42. The van der Waals surface area contributed by atoms with E-state index in [-0.39, 0.29) is 29.9 Å². The summed E-state index contributed by atoms with van der Waals surface area (Å²) in [7, 11) is 1.80. The molecule has 9 heteroatoms. The first-order valence-corrected chi connectivity index (χ1v) is 14.3. The van der Waals surface area contributed by atoms with Gasteiger partial charge in [-0.25, -0.2) is 9.78 Å². The monoisotopic (exact) mass is 549 g/mol. The molecule has 0 spiro atoms. The minimum Gasteiger partial charge on any atom is -0.443 e. The summed E-state index contributed by atoms with van der Waals surface area (Å²) in [5.74, 6) is 0.885. The molecule has 3 heterocycles. The average Bonchev–Trinajstić information content (AvgIpc) is 3.59. The van der Waals surface area contributed by atoms with Gasteiger partial charge in [0, 0.05) is 56.3 Å². The van der Waals surface area contributed by atoms with Crippen molar-refractivity contribution in [3.8, 4) is 6.07 Å². The van der Waals surface area contributed by atoms with Gasteiger partial charge in [0.1, 0.15) is 17.5 Å². The van der Waals surface area contributed by atoms with E-state index in [9.17, 15) is 9.59 Å². The van der Waals surface area contributed by atoms with Gasteiger partial charge < -0.3 is 19.4 Å². The summed E-state index contributed by atoms with van der Waals surface area (Å²) < 4.78 is 5.99. The molecule has 1 aliphatic carbocycles. The summed E-state index contributed by atoms with van der Waals surface area (Å²) in [4.78, 5) is 37.2. The zero-order chi connectivity index (χ0) is 27.6. The number of amides is 2. The van der Waals surface area contributed by atoms with E-state index >= 15 is 0 Å². The van der Waals surface area contributed by atoms with Gasteiger partial charge in [-0.1, -0.05) is 23.7 Å². The van der Waals surface area contributed by atoms with Crippen LogP contribution >= 0.6 is 11.6 Å². The van der Waals surface area contributed by atoms with E-state index < -0.39 is 5.60 Å². The van der Waals surface area contributed by atoms with Crippen molar-refractivity contribution in [2.24, 2.45) is 5.92 Å². The quantitative estimate of drug-likeness (QED) is 0.508. The van der Waals surface area contributed by atoms with Crippen LogP contribution in [-0.2, 0) is 9.53 Å². The summed E-state index contributed by atoms with van der Waals surface area (Å²) in [6.45, 7) is 4.52. The lowest BCUT2D eigenvalue weighted by molar-refractivity contribution is -0.135. The zero-order valence-electron chi connectivity index (χ0n) is 22.7. The summed E-state index contributed by atoms with van der Waals surface area (Å²) in [5, 5.41) is 9.68. The van der Waals surface area contributed by atoms with Crippen LogP contribution in [0.15, 0.2) is 42.6 Å². The van der Waals surface area contributed by atoms with Crippen molar-refractivity contribution >= 4 is 29.4 Å². The summed E-state index contributed by atoms with van der Waals surface area (Å²) in [5.41, 5.74) is 1.19. The van der Waals surface area contributed by atoms with E-state index in [1.807, 2.05) is 42.2 Å². The number of anilines is 1. The Labute approximate surface area is 235 Å². The van der Waals surface area contributed by atoms with Crippen molar-refractivity contribution in [2.45, 2.75) is 63.0 Å². The molecule has 3 fully saturated rings. The molecular weight excluding hydrogens is 514 g/mol. The number of hydrogen-bond donors (Lipinski definition) is 0. The van der Waals surface area contributed by atoms with Crippen LogP contribution in [0.4, 0.5) is 10.6 Å². The molecule has 39 heavy (non-hydrogen) atoms. The van der Waals surface area contributed by atoms with E-state index in [1.165, 1.54) is 0 Å². The van der Waals surface area contributed by atoms with Crippen LogP contribution in [0, 0.1) is 17.2 Å². The van der Waals surface area contributed by atoms with Crippen molar-refractivity contribution in [1.82, 2.24) is 14.8 Å². The molecule has 1 aromatic heterocycles. The smallest absolute Gasteiger partial charge is 0.410 e. The van der Waals surface area contributed by atoms with Gasteiger partial charge >= 0.3 is 6.09 Å². The van der Waals surface area contributed by atoms with Crippen molar-refractivity contribution < 1.29 is 14.3 Å². The van der Waals surface area contributed by atoms with Crippen LogP contribution < -0.4 is 4.90 Å². The van der Waals surface area contributed by atoms with Crippen LogP contribution in [0.3, 0.4) is 0 Å². The minimum absolute atomic E-state index is 0.0249. The molecular formula is C30H36ClN5O3. The molecule has 2 aromatic rings.